The molecule has 2 unspecified atom stereocenters. The molecule has 4 nitrogen and oxygen atoms in total. The highest BCUT2D eigenvalue weighted by Crippen LogP contribution is 2.33. The summed E-state index contributed by atoms with van der Waals surface area (Å²) in [4.78, 5) is 0. The summed E-state index contributed by atoms with van der Waals surface area (Å²) in [6.07, 6.45) is 2.80. The van der Waals surface area contributed by atoms with E-state index >= 15 is 0 Å². The second-order valence-electron chi connectivity index (χ2n) is 6.70. The number of para-hydroxylation sites is 1. The summed E-state index contributed by atoms with van der Waals surface area (Å²) in [6.45, 7) is 0.171. The number of hydrogen-bond donors (Lipinski definition) is 3. The van der Waals surface area contributed by atoms with Gasteiger partial charge in [0.25, 0.3) is 0 Å². The van der Waals surface area contributed by atoms with E-state index in [1.165, 1.54) is 0 Å². The van der Waals surface area contributed by atoms with Gasteiger partial charge in [-0.3, -0.25) is 0 Å². The molecule has 0 spiro atoms. The highest BCUT2D eigenvalue weighted by Gasteiger charge is 2.28. The van der Waals surface area contributed by atoms with Crippen LogP contribution in [0.25, 0.3) is 0 Å². The second kappa shape index (κ2) is 9.47. The number of aryl methyl sites for hydroxylation is 1. The van der Waals surface area contributed by atoms with Gasteiger partial charge in [0.1, 0.15) is 24.2 Å². The van der Waals surface area contributed by atoms with Gasteiger partial charge in [0.2, 0.25) is 0 Å². The number of fused-ring (bicyclic) bond motifs is 1. The molecule has 4 N–H and O–H groups in total. The number of aromatic hydroxyl groups is 1. The Morgan fingerprint density at radius 3 is 2.65 bits per heavy atom. The van der Waals surface area contributed by atoms with Crippen LogP contribution in [0.3, 0.4) is 0 Å². The summed E-state index contributed by atoms with van der Waals surface area (Å²) in [7, 11) is 0. The van der Waals surface area contributed by atoms with Crippen LogP contribution in [0.2, 0.25) is 5.02 Å². The van der Waals surface area contributed by atoms with Gasteiger partial charge < -0.3 is 20.7 Å². The molecule has 0 aromatic heterocycles. The quantitative estimate of drug-likeness (QED) is 0.671. The zero-order chi connectivity index (χ0) is 17.8. The van der Waals surface area contributed by atoms with Crippen molar-refractivity contribution in [1.82, 2.24) is 0 Å². The molecule has 2 aromatic rings. The van der Waals surface area contributed by atoms with Crippen molar-refractivity contribution in [2.45, 2.75) is 37.8 Å². The highest BCUT2D eigenvalue weighted by molar-refractivity contribution is 6.32. The Bertz CT molecular complexity index is 712. The maximum Gasteiger partial charge on any atom is 0.134 e. The molecule has 0 bridgehead atoms. The SMILES string of the molecule is Cl.NC(C1CCCc2cc(O)c(Cl)cc2C1)[C@H](O)COc1ccccc1. The van der Waals surface area contributed by atoms with Crippen LogP contribution in [0.5, 0.6) is 11.5 Å². The summed E-state index contributed by atoms with van der Waals surface area (Å²) in [6, 6.07) is 12.6. The third kappa shape index (κ3) is 5.04. The molecule has 1 aliphatic rings. The fraction of sp³-hybridized carbons (Fsp3) is 0.400. The topological polar surface area (TPSA) is 75.7 Å². The molecule has 2 aromatic carbocycles. The van der Waals surface area contributed by atoms with Crippen LogP contribution in [0.4, 0.5) is 0 Å². The number of aliphatic hydroxyl groups is 1. The van der Waals surface area contributed by atoms with Gasteiger partial charge in [0, 0.05) is 6.04 Å². The van der Waals surface area contributed by atoms with Crippen molar-refractivity contribution in [3.8, 4) is 11.5 Å². The second-order valence-corrected chi connectivity index (χ2v) is 7.10. The summed E-state index contributed by atoms with van der Waals surface area (Å²) >= 11 is 6.06. The predicted molar refractivity (Wildman–Crippen MR) is 106 cm³/mol. The van der Waals surface area contributed by atoms with E-state index in [-0.39, 0.29) is 36.7 Å². The fourth-order valence-electron chi connectivity index (χ4n) is 3.46. The smallest absolute Gasteiger partial charge is 0.134 e. The minimum atomic E-state index is -0.737. The van der Waals surface area contributed by atoms with Crippen molar-refractivity contribution in [2.24, 2.45) is 11.7 Å². The van der Waals surface area contributed by atoms with Crippen molar-refractivity contribution < 1.29 is 14.9 Å². The Morgan fingerprint density at radius 1 is 1.19 bits per heavy atom. The Hall–Kier alpha value is -1.46. The summed E-state index contributed by atoms with van der Waals surface area (Å²) in [5.41, 5.74) is 8.56. The van der Waals surface area contributed by atoms with Gasteiger partial charge >= 0.3 is 0 Å². The lowest BCUT2D eigenvalue weighted by Crippen LogP contribution is -2.45. The molecule has 3 rings (SSSR count). The molecule has 0 radical (unpaired) electrons. The number of nitrogens with two attached hydrogens (primary N) is 1. The van der Waals surface area contributed by atoms with Gasteiger partial charge in [-0.05, 0) is 67.0 Å². The van der Waals surface area contributed by atoms with E-state index in [1.54, 1.807) is 6.07 Å². The lowest BCUT2D eigenvalue weighted by Gasteiger charge is -2.27. The first kappa shape index (κ1) is 20.8. The molecule has 0 aliphatic heterocycles. The highest BCUT2D eigenvalue weighted by atomic mass is 35.5. The Labute approximate surface area is 165 Å². The number of halogens is 2. The van der Waals surface area contributed by atoms with Gasteiger partial charge in [0.05, 0.1) is 5.02 Å². The van der Waals surface area contributed by atoms with Crippen LogP contribution >= 0.6 is 24.0 Å². The van der Waals surface area contributed by atoms with Crippen LogP contribution in [0.15, 0.2) is 42.5 Å². The molecule has 1 aliphatic carbocycles. The Balaban J connectivity index is 0.00000243. The number of ether oxygens (including phenoxy) is 1. The van der Waals surface area contributed by atoms with Crippen LogP contribution in [-0.4, -0.2) is 29.0 Å². The number of rotatable bonds is 5. The molecule has 26 heavy (non-hydrogen) atoms. The van der Waals surface area contributed by atoms with Gasteiger partial charge in [0.15, 0.2) is 0 Å². The molecule has 6 heteroatoms. The zero-order valence-electron chi connectivity index (χ0n) is 14.5. The number of hydrogen-bond acceptors (Lipinski definition) is 4. The lowest BCUT2D eigenvalue weighted by molar-refractivity contribution is 0.0645. The van der Waals surface area contributed by atoms with E-state index in [1.807, 2.05) is 36.4 Å². The van der Waals surface area contributed by atoms with Crippen molar-refractivity contribution in [2.75, 3.05) is 6.61 Å². The number of benzene rings is 2. The van der Waals surface area contributed by atoms with Crippen molar-refractivity contribution in [3.63, 3.8) is 0 Å². The van der Waals surface area contributed by atoms with Crippen molar-refractivity contribution >= 4 is 24.0 Å². The van der Waals surface area contributed by atoms with E-state index in [0.717, 1.165) is 42.6 Å². The maximum absolute atomic E-state index is 10.5. The maximum atomic E-state index is 10.5. The van der Waals surface area contributed by atoms with Crippen LogP contribution in [-0.2, 0) is 12.8 Å². The largest absolute Gasteiger partial charge is 0.506 e. The molecule has 0 saturated carbocycles. The molecule has 0 amide bonds. The van der Waals surface area contributed by atoms with Crippen molar-refractivity contribution in [1.29, 1.82) is 0 Å². The minimum absolute atomic E-state index is 0. The third-order valence-electron chi connectivity index (χ3n) is 4.92. The summed E-state index contributed by atoms with van der Waals surface area (Å²) in [5.74, 6) is 0.998. The lowest BCUT2D eigenvalue weighted by atomic mass is 9.87. The fourth-order valence-corrected chi connectivity index (χ4v) is 3.65. The van der Waals surface area contributed by atoms with E-state index in [2.05, 4.69) is 0 Å². The van der Waals surface area contributed by atoms with Crippen LogP contribution in [0, 0.1) is 5.92 Å². The molecular weight excluding hydrogens is 373 g/mol. The molecular formula is C20H25Cl2NO3. The first-order valence-electron chi connectivity index (χ1n) is 8.66. The van der Waals surface area contributed by atoms with Crippen molar-refractivity contribution in [3.05, 3.63) is 58.6 Å². The monoisotopic (exact) mass is 397 g/mol. The normalized spacial score (nSPS) is 18.8. The molecule has 0 heterocycles. The average molecular weight is 398 g/mol. The minimum Gasteiger partial charge on any atom is -0.506 e. The first-order valence-corrected chi connectivity index (χ1v) is 9.04. The molecule has 142 valence electrons. The summed E-state index contributed by atoms with van der Waals surface area (Å²) < 4.78 is 5.63. The van der Waals surface area contributed by atoms with Gasteiger partial charge in [-0.1, -0.05) is 29.8 Å². The average Bonchev–Trinajstić information content (AvgIpc) is 2.82. The Morgan fingerprint density at radius 2 is 1.92 bits per heavy atom. The molecule has 3 atom stereocenters. The predicted octanol–water partition coefficient (Wildman–Crippen LogP) is 3.73. The van der Waals surface area contributed by atoms with Crippen LogP contribution in [0.1, 0.15) is 24.0 Å². The first-order chi connectivity index (χ1) is 12.0. The molecule has 0 saturated heterocycles. The van der Waals surface area contributed by atoms with E-state index in [9.17, 15) is 10.2 Å². The van der Waals surface area contributed by atoms with E-state index < -0.39 is 6.10 Å². The number of aliphatic hydroxyl groups excluding tert-OH is 1. The van der Waals surface area contributed by atoms with E-state index in [0.29, 0.717) is 5.02 Å². The van der Waals surface area contributed by atoms with E-state index in [4.69, 9.17) is 22.1 Å². The van der Waals surface area contributed by atoms with Crippen LogP contribution < -0.4 is 10.5 Å². The summed E-state index contributed by atoms with van der Waals surface area (Å²) in [5, 5.41) is 20.6. The molecule has 0 fully saturated rings. The standard InChI is InChI=1S/C20H24ClNO3.ClH/c21-17-10-15-9-14(6-4-5-13(15)11-18(17)23)20(22)19(24)12-25-16-7-2-1-3-8-16;/h1-3,7-8,10-11,14,19-20,23-24H,4-6,9,12,22H2;1H/t14?,19-,20?;/m1./s1. The Kier molecular flexibility index (Phi) is 7.59. The zero-order valence-corrected chi connectivity index (χ0v) is 16.0. The van der Waals surface area contributed by atoms with Gasteiger partial charge in [-0.2, -0.15) is 0 Å². The van der Waals surface area contributed by atoms with Gasteiger partial charge in [-0.15, -0.1) is 12.4 Å². The number of phenolic OH excluding ortho intramolecular Hbond substituents is 1. The third-order valence-corrected chi connectivity index (χ3v) is 5.23. The van der Waals surface area contributed by atoms with Gasteiger partial charge in [-0.25, -0.2) is 0 Å². The number of phenols is 1.